The Bertz CT molecular complexity index is 551. The lowest BCUT2D eigenvalue weighted by atomic mass is 10.2. The van der Waals surface area contributed by atoms with E-state index in [4.69, 9.17) is 22.4 Å². The van der Waals surface area contributed by atoms with E-state index >= 15 is 0 Å². The summed E-state index contributed by atoms with van der Waals surface area (Å²) in [5.41, 5.74) is 6.69. The molecule has 0 saturated heterocycles. The number of hydrogen-bond acceptors (Lipinski definition) is 3. The molecule has 1 heterocycles. The molecule has 0 atom stereocenters. The van der Waals surface area contributed by atoms with Crippen LogP contribution in [0.1, 0.15) is 9.67 Å². The number of carboxylic acids is 1. The van der Waals surface area contributed by atoms with E-state index in [0.717, 1.165) is 21.8 Å². The van der Waals surface area contributed by atoms with Crippen molar-refractivity contribution in [2.75, 3.05) is 5.73 Å². The number of nitrogens with two attached hydrogens (primary N) is 1. The van der Waals surface area contributed by atoms with Crippen molar-refractivity contribution in [3.05, 3.63) is 40.2 Å². The maximum Gasteiger partial charge on any atom is 0.348 e. The molecule has 1 aromatic heterocycles. The van der Waals surface area contributed by atoms with Gasteiger partial charge in [0.1, 0.15) is 4.88 Å². The predicted molar refractivity (Wildman–Crippen MR) is 66.1 cm³/mol. The molecule has 0 aliphatic rings. The molecule has 0 aliphatic heterocycles. The second-order valence-corrected chi connectivity index (χ2v) is 4.64. The van der Waals surface area contributed by atoms with E-state index in [0.29, 0.717) is 5.02 Å². The summed E-state index contributed by atoms with van der Waals surface area (Å²) in [5, 5.41) is 9.48. The van der Waals surface area contributed by atoms with Crippen LogP contribution in [0, 0.1) is 0 Å². The van der Waals surface area contributed by atoms with E-state index in [-0.39, 0.29) is 10.6 Å². The van der Waals surface area contributed by atoms with Gasteiger partial charge < -0.3 is 10.8 Å². The van der Waals surface area contributed by atoms with Crippen LogP contribution >= 0.6 is 22.9 Å². The van der Waals surface area contributed by atoms with Crippen LogP contribution in [-0.2, 0) is 0 Å². The van der Waals surface area contributed by atoms with E-state index < -0.39 is 5.97 Å². The van der Waals surface area contributed by atoms with Gasteiger partial charge in [-0.2, -0.15) is 0 Å². The molecular weight excluding hydrogens is 246 g/mol. The molecule has 0 bridgehead atoms. The number of aromatic carboxylic acids is 1. The quantitative estimate of drug-likeness (QED) is 0.863. The highest BCUT2D eigenvalue weighted by Crippen LogP contribution is 2.36. The zero-order chi connectivity index (χ0) is 11.7. The van der Waals surface area contributed by atoms with Crippen LogP contribution in [0.15, 0.2) is 30.3 Å². The maximum absolute atomic E-state index is 10.8. The normalized spacial score (nSPS) is 10.3. The van der Waals surface area contributed by atoms with E-state index in [9.17, 15) is 4.79 Å². The standard InChI is InChI=1S/C11H8ClNO2S/c12-7-4-2-1-3-6(7)9-5-8(13)10(16-9)11(14)15/h1-5H,13H2,(H,14,15). The molecule has 0 aliphatic carbocycles. The maximum atomic E-state index is 10.8. The van der Waals surface area contributed by atoms with Gasteiger partial charge in [0, 0.05) is 15.5 Å². The predicted octanol–water partition coefficient (Wildman–Crippen LogP) is 3.35. The van der Waals surface area contributed by atoms with Crippen LogP contribution in [0.4, 0.5) is 5.69 Å². The molecule has 0 unspecified atom stereocenters. The summed E-state index contributed by atoms with van der Waals surface area (Å²) in [6, 6.07) is 8.89. The van der Waals surface area contributed by atoms with Gasteiger partial charge in [0.2, 0.25) is 0 Å². The smallest absolute Gasteiger partial charge is 0.348 e. The second-order valence-electron chi connectivity index (χ2n) is 3.18. The summed E-state index contributed by atoms with van der Waals surface area (Å²) in [4.78, 5) is 11.8. The van der Waals surface area contributed by atoms with Gasteiger partial charge in [0.25, 0.3) is 0 Å². The Morgan fingerprint density at radius 3 is 2.62 bits per heavy atom. The highest BCUT2D eigenvalue weighted by atomic mass is 35.5. The van der Waals surface area contributed by atoms with Crippen molar-refractivity contribution in [1.29, 1.82) is 0 Å². The molecule has 0 saturated carbocycles. The lowest BCUT2D eigenvalue weighted by molar-refractivity contribution is 0.0703. The molecule has 82 valence electrons. The summed E-state index contributed by atoms with van der Waals surface area (Å²) in [6.07, 6.45) is 0. The Morgan fingerprint density at radius 2 is 2.06 bits per heavy atom. The van der Waals surface area contributed by atoms with E-state index in [1.54, 1.807) is 12.1 Å². The van der Waals surface area contributed by atoms with Gasteiger partial charge in [0.15, 0.2) is 0 Å². The van der Waals surface area contributed by atoms with Gasteiger partial charge in [-0.1, -0.05) is 29.8 Å². The molecule has 3 N–H and O–H groups in total. The molecule has 3 nitrogen and oxygen atoms in total. The van der Waals surface area contributed by atoms with Crippen LogP contribution in [0.2, 0.25) is 5.02 Å². The SMILES string of the molecule is Nc1cc(-c2ccccc2Cl)sc1C(=O)O. The van der Waals surface area contributed by atoms with Crippen LogP contribution in [0.25, 0.3) is 10.4 Å². The number of carbonyl (C=O) groups is 1. The molecule has 1 aromatic carbocycles. The molecule has 2 aromatic rings. The number of halogens is 1. The molecular formula is C11H8ClNO2S. The van der Waals surface area contributed by atoms with Crippen molar-refractivity contribution in [2.45, 2.75) is 0 Å². The summed E-state index contributed by atoms with van der Waals surface area (Å²) >= 11 is 7.14. The molecule has 2 rings (SSSR count). The van der Waals surface area contributed by atoms with Crippen molar-refractivity contribution in [2.24, 2.45) is 0 Å². The van der Waals surface area contributed by atoms with Crippen molar-refractivity contribution >= 4 is 34.6 Å². The zero-order valence-corrected chi connectivity index (χ0v) is 9.68. The third kappa shape index (κ3) is 1.89. The number of nitrogen functional groups attached to an aromatic ring is 1. The summed E-state index contributed by atoms with van der Waals surface area (Å²) in [7, 11) is 0. The first-order chi connectivity index (χ1) is 7.59. The minimum absolute atomic E-state index is 0.148. The minimum Gasteiger partial charge on any atom is -0.477 e. The highest BCUT2D eigenvalue weighted by Gasteiger charge is 2.15. The van der Waals surface area contributed by atoms with E-state index in [1.807, 2.05) is 18.2 Å². The lowest BCUT2D eigenvalue weighted by Crippen LogP contribution is -1.96. The van der Waals surface area contributed by atoms with E-state index in [2.05, 4.69) is 0 Å². The molecule has 0 radical (unpaired) electrons. The summed E-state index contributed by atoms with van der Waals surface area (Å²) in [5.74, 6) is -1.01. The monoisotopic (exact) mass is 253 g/mol. The Labute approximate surface area is 101 Å². The van der Waals surface area contributed by atoms with Gasteiger partial charge in [-0.05, 0) is 12.1 Å². The number of thiophene rings is 1. The first-order valence-electron chi connectivity index (χ1n) is 4.47. The van der Waals surface area contributed by atoms with Crippen molar-refractivity contribution < 1.29 is 9.90 Å². The lowest BCUT2D eigenvalue weighted by Gasteiger charge is -1.98. The fourth-order valence-corrected chi connectivity index (χ4v) is 2.62. The van der Waals surface area contributed by atoms with Gasteiger partial charge in [-0.25, -0.2) is 4.79 Å². The van der Waals surface area contributed by atoms with E-state index in [1.165, 1.54) is 0 Å². The largest absolute Gasteiger partial charge is 0.477 e. The number of hydrogen-bond donors (Lipinski definition) is 2. The molecule has 0 fully saturated rings. The van der Waals surface area contributed by atoms with Gasteiger partial charge >= 0.3 is 5.97 Å². The first kappa shape index (κ1) is 11.0. The Kier molecular flexibility index (Phi) is 2.85. The van der Waals surface area contributed by atoms with Crippen molar-refractivity contribution in [1.82, 2.24) is 0 Å². The van der Waals surface area contributed by atoms with Crippen LogP contribution in [0.3, 0.4) is 0 Å². The third-order valence-corrected chi connectivity index (χ3v) is 3.60. The number of anilines is 1. The molecule has 0 amide bonds. The van der Waals surface area contributed by atoms with Gasteiger partial charge in [-0.15, -0.1) is 11.3 Å². The number of carboxylic acid groups (broad SMARTS) is 1. The molecule has 0 spiro atoms. The number of rotatable bonds is 2. The van der Waals surface area contributed by atoms with Crippen molar-refractivity contribution in [3.8, 4) is 10.4 Å². The second kappa shape index (κ2) is 4.15. The van der Waals surface area contributed by atoms with Gasteiger partial charge in [-0.3, -0.25) is 0 Å². The van der Waals surface area contributed by atoms with Gasteiger partial charge in [0.05, 0.1) is 5.69 Å². The van der Waals surface area contributed by atoms with Crippen molar-refractivity contribution in [3.63, 3.8) is 0 Å². The highest BCUT2D eigenvalue weighted by molar-refractivity contribution is 7.18. The number of benzene rings is 1. The Hall–Kier alpha value is -1.52. The fourth-order valence-electron chi connectivity index (χ4n) is 1.37. The zero-order valence-electron chi connectivity index (χ0n) is 8.11. The first-order valence-corrected chi connectivity index (χ1v) is 5.66. The van der Waals surface area contributed by atoms with Crippen LogP contribution in [0.5, 0.6) is 0 Å². The minimum atomic E-state index is -1.01. The van der Waals surface area contributed by atoms with Crippen LogP contribution in [-0.4, -0.2) is 11.1 Å². The topological polar surface area (TPSA) is 63.3 Å². The Balaban J connectivity index is 2.54. The average molecular weight is 254 g/mol. The summed E-state index contributed by atoms with van der Waals surface area (Å²) < 4.78 is 0. The fraction of sp³-hybridized carbons (Fsp3) is 0. The Morgan fingerprint density at radius 1 is 1.38 bits per heavy atom. The molecule has 5 heteroatoms. The third-order valence-electron chi connectivity index (χ3n) is 2.09. The van der Waals surface area contributed by atoms with Crippen LogP contribution < -0.4 is 5.73 Å². The molecule has 16 heavy (non-hydrogen) atoms. The average Bonchev–Trinajstić information content (AvgIpc) is 2.61. The summed E-state index contributed by atoms with van der Waals surface area (Å²) in [6.45, 7) is 0.